The van der Waals surface area contributed by atoms with Crippen LogP contribution < -0.4 is 10.6 Å². The number of carbonyl (C=O) groups is 1. The van der Waals surface area contributed by atoms with Crippen molar-refractivity contribution in [3.63, 3.8) is 0 Å². The van der Waals surface area contributed by atoms with Crippen LogP contribution in [-0.2, 0) is 0 Å². The maximum absolute atomic E-state index is 13.2. The van der Waals surface area contributed by atoms with E-state index in [-0.39, 0.29) is 17.7 Å². The SMILES string of the molecule is Cc1ccc(NC(=O)c2cnc(Nc3cccc(F)c3)nc2)c(C)c1. The Hall–Kier alpha value is -3.28. The maximum atomic E-state index is 13.2. The lowest BCUT2D eigenvalue weighted by atomic mass is 10.1. The van der Waals surface area contributed by atoms with Crippen LogP contribution in [0.1, 0.15) is 21.5 Å². The molecule has 0 aliphatic heterocycles. The van der Waals surface area contributed by atoms with Gasteiger partial charge in [-0.3, -0.25) is 4.79 Å². The number of rotatable bonds is 4. The van der Waals surface area contributed by atoms with E-state index in [9.17, 15) is 9.18 Å². The first-order valence-corrected chi connectivity index (χ1v) is 7.74. The van der Waals surface area contributed by atoms with Crippen molar-refractivity contribution in [1.82, 2.24) is 9.97 Å². The number of nitrogens with one attached hydrogen (secondary N) is 2. The molecule has 0 aliphatic carbocycles. The van der Waals surface area contributed by atoms with Gasteiger partial charge in [-0.05, 0) is 43.7 Å². The van der Waals surface area contributed by atoms with E-state index in [0.717, 1.165) is 16.8 Å². The predicted molar refractivity (Wildman–Crippen MR) is 95.6 cm³/mol. The van der Waals surface area contributed by atoms with Crippen LogP contribution in [0.15, 0.2) is 54.9 Å². The number of benzene rings is 2. The Morgan fingerprint density at radius 1 is 1.04 bits per heavy atom. The lowest BCUT2D eigenvalue weighted by Gasteiger charge is -2.09. The van der Waals surface area contributed by atoms with Crippen LogP contribution in [0.3, 0.4) is 0 Å². The molecule has 1 aromatic heterocycles. The van der Waals surface area contributed by atoms with E-state index in [0.29, 0.717) is 11.3 Å². The number of aryl methyl sites for hydroxylation is 2. The van der Waals surface area contributed by atoms with Gasteiger partial charge < -0.3 is 10.6 Å². The topological polar surface area (TPSA) is 66.9 Å². The van der Waals surface area contributed by atoms with Gasteiger partial charge in [-0.15, -0.1) is 0 Å². The number of hydrogen-bond acceptors (Lipinski definition) is 4. The Kier molecular flexibility index (Phi) is 4.70. The minimum Gasteiger partial charge on any atom is -0.324 e. The molecule has 0 radical (unpaired) electrons. The summed E-state index contributed by atoms with van der Waals surface area (Å²) in [4.78, 5) is 20.5. The zero-order chi connectivity index (χ0) is 17.8. The number of hydrogen-bond donors (Lipinski definition) is 2. The quantitative estimate of drug-likeness (QED) is 0.748. The number of anilines is 3. The smallest absolute Gasteiger partial charge is 0.258 e. The highest BCUT2D eigenvalue weighted by Gasteiger charge is 2.09. The fraction of sp³-hybridized carbons (Fsp3) is 0.105. The number of aromatic nitrogens is 2. The molecule has 0 aliphatic rings. The van der Waals surface area contributed by atoms with E-state index in [1.54, 1.807) is 12.1 Å². The van der Waals surface area contributed by atoms with Crippen molar-refractivity contribution in [2.75, 3.05) is 10.6 Å². The lowest BCUT2D eigenvalue weighted by Crippen LogP contribution is -2.14. The van der Waals surface area contributed by atoms with Gasteiger partial charge in [-0.1, -0.05) is 23.8 Å². The molecular weight excluding hydrogens is 319 g/mol. The summed E-state index contributed by atoms with van der Waals surface area (Å²) in [6.07, 6.45) is 2.85. The largest absolute Gasteiger partial charge is 0.324 e. The van der Waals surface area contributed by atoms with Crippen molar-refractivity contribution in [3.05, 3.63) is 77.4 Å². The second-order valence-electron chi connectivity index (χ2n) is 5.70. The Labute approximate surface area is 145 Å². The summed E-state index contributed by atoms with van der Waals surface area (Å²) in [5.74, 6) is -0.354. The molecule has 0 fully saturated rings. The van der Waals surface area contributed by atoms with Gasteiger partial charge in [0.15, 0.2) is 0 Å². The second-order valence-corrected chi connectivity index (χ2v) is 5.70. The molecule has 1 amide bonds. The molecule has 0 saturated carbocycles. The van der Waals surface area contributed by atoms with Gasteiger partial charge in [-0.2, -0.15) is 0 Å². The normalized spacial score (nSPS) is 10.4. The van der Waals surface area contributed by atoms with Crippen molar-refractivity contribution in [3.8, 4) is 0 Å². The number of nitrogens with zero attached hydrogens (tertiary/aromatic N) is 2. The molecule has 0 unspecified atom stereocenters. The van der Waals surface area contributed by atoms with E-state index in [2.05, 4.69) is 20.6 Å². The van der Waals surface area contributed by atoms with E-state index in [1.165, 1.54) is 24.5 Å². The molecule has 1 heterocycles. The lowest BCUT2D eigenvalue weighted by molar-refractivity contribution is 0.102. The fourth-order valence-corrected chi connectivity index (χ4v) is 2.35. The zero-order valence-electron chi connectivity index (χ0n) is 13.9. The Bertz CT molecular complexity index is 910. The minimum absolute atomic E-state index is 0.286. The van der Waals surface area contributed by atoms with Crippen LogP contribution in [-0.4, -0.2) is 15.9 Å². The molecule has 5 nitrogen and oxygen atoms in total. The third-order valence-corrected chi connectivity index (χ3v) is 3.62. The van der Waals surface area contributed by atoms with Crippen molar-refractivity contribution < 1.29 is 9.18 Å². The minimum atomic E-state index is -0.352. The zero-order valence-corrected chi connectivity index (χ0v) is 13.9. The molecule has 2 aromatic carbocycles. The van der Waals surface area contributed by atoms with Crippen molar-refractivity contribution in [2.45, 2.75) is 13.8 Å². The molecule has 0 saturated heterocycles. The van der Waals surface area contributed by atoms with Crippen LogP contribution in [0.25, 0.3) is 0 Å². The van der Waals surface area contributed by atoms with Crippen molar-refractivity contribution in [2.24, 2.45) is 0 Å². The Balaban J connectivity index is 1.70. The molecule has 25 heavy (non-hydrogen) atoms. The fourth-order valence-electron chi connectivity index (χ4n) is 2.35. The average Bonchev–Trinajstić information content (AvgIpc) is 2.58. The van der Waals surface area contributed by atoms with Crippen LogP contribution in [0.5, 0.6) is 0 Å². The number of halogens is 1. The summed E-state index contributed by atoms with van der Waals surface area (Å²) in [5, 5.41) is 5.72. The molecule has 0 spiro atoms. The van der Waals surface area contributed by atoms with Crippen LogP contribution in [0.2, 0.25) is 0 Å². The average molecular weight is 336 g/mol. The third kappa shape index (κ3) is 4.17. The van der Waals surface area contributed by atoms with Gasteiger partial charge in [0.05, 0.1) is 5.56 Å². The third-order valence-electron chi connectivity index (χ3n) is 3.62. The first kappa shape index (κ1) is 16.6. The van der Waals surface area contributed by atoms with Gasteiger partial charge >= 0.3 is 0 Å². The van der Waals surface area contributed by atoms with Gasteiger partial charge in [0.1, 0.15) is 5.82 Å². The Morgan fingerprint density at radius 3 is 2.48 bits per heavy atom. The van der Waals surface area contributed by atoms with E-state index < -0.39 is 0 Å². The van der Waals surface area contributed by atoms with Crippen LogP contribution >= 0.6 is 0 Å². The van der Waals surface area contributed by atoms with Crippen LogP contribution in [0.4, 0.5) is 21.7 Å². The molecular formula is C19H17FN4O. The number of amides is 1. The maximum Gasteiger partial charge on any atom is 0.258 e. The Morgan fingerprint density at radius 2 is 1.80 bits per heavy atom. The van der Waals surface area contributed by atoms with Gasteiger partial charge in [0.25, 0.3) is 5.91 Å². The summed E-state index contributed by atoms with van der Waals surface area (Å²) in [7, 11) is 0. The summed E-state index contributed by atoms with van der Waals surface area (Å²) in [6.45, 7) is 3.93. The molecule has 3 rings (SSSR count). The summed E-state index contributed by atoms with van der Waals surface area (Å²) >= 11 is 0. The van der Waals surface area contributed by atoms with E-state index in [4.69, 9.17) is 0 Å². The first-order valence-electron chi connectivity index (χ1n) is 7.74. The highest BCUT2D eigenvalue weighted by Crippen LogP contribution is 2.17. The molecule has 0 bridgehead atoms. The van der Waals surface area contributed by atoms with Gasteiger partial charge in [0.2, 0.25) is 5.95 Å². The van der Waals surface area contributed by atoms with Gasteiger partial charge in [0, 0.05) is 23.8 Å². The second kappa shape index (κ2) is 7.09. The predicted octanol–water partition coefficient (Wildman–Crippen LogP) is 4.23. The molecule has 0 atom stereocenters. The monoisotopic (exact) mass is 336 g/mol. The highest BCUT2D eigenvalue weighted by molar-refractivity contribution is 6.04. The number of carbonyl (C=O) groups excluding carboxylic acids is 1. The van der Waals surface area contributed by atoms with Crippen molar-refractivity contribution >= 4 is 23.2 Å². The summed E-state index contributed by atoms with van der Waals surface area (Å²) in [6, 6.07) is 11.8. The van der Waals surface area contributed by atoms with Crippen LogP contribution in [0, 0.1) is 19.7 Å². The summed E-state index contributed by atoms with van der Waals surface area (Å²) in [5.41, 5.74) is 3.74. The standard InChI is InChI=1S/C19H17FN4O/c1-12-6-7-17(13(2)8-12)24-18(25)14-10-21-19(22-11-14)23-16-5-3-4-15(20)9-16/h3-11H,1-2H3,(H,24,25)(H,21,22,23). The first-order chi connectivity index (χ1) is 12.0. The van der Waals surface area contributed by atoms with Gasteiger partial charge in [-0.25, -0.2) is 14.4 Å². The molecule has 6 heteroatoms. The summed E-state index contributed by atoms with van der Waals surface area (Å²) < 4.78 is 13.2. The van der Waals surface area contributed by atoms with E-state index in [1.807, 2.05) is 32.0 Å². The van der Waals surface area contributed by atoms with E-state index >= 15 is 0 Å². The molecule has 126 valence electrons. The highest BCUT2D eigenvalue weighted by atomic mass is 19.1. The molecule has 3 aromatic rings. The molecule has 2 N–H and O–H groups in total. The van der Waals surface area contributed by atoms with Crippen molar-refractivity contribution in [1.29, 1.82) is 0 Å².